The Morgan fingerprint density at radius 3 is 2.26 bits per heavy atom. The highest BCUT2D eigenvalue weighted by atomic mass is 32.2. The zero-order valence-corrected chi connectivity index (χ0v) is 19.6. The summed E-state index contributed by atoms with van der Waals surface area (Å²) in [5.74, 6) is 0.290. The van der Waals surface area contributed by atoms with Gasteiger partial charge in [-0.1, -0.05) is 37.5 Å². The highest BCUT2D eigenvalue weighted by Gasteiger charge is 2.22. The second kappa shape index (κ2) is 10.1. The lowest BCUT2D eigenvalue weighted by molar-refractivity contribution is 0.402. The van der Waals surface area contributed by atoms with Gasteiger partial charge in [0, 0.05) is 12.6 Å². The molecule has 2 aromatic rings. The monoisotopic (exact) mass is 466 g/mol. The second-order valence-electron chi connectivity index (χ2n) is 7.90. The zero-order valence-electron chi connectivity index (χ0n) is 17.9. The number of benzene rings is 2. The van der Waals surface area contributed by atoms with Gasteiger partial charge in [0.05, 0.1) is 12.0 Å². The van der Waals surface area contributed by atoms with Crippen molar-refractivity contribution in [1.82, 2.24) is 9.44 Å². The molecule has 170 valence electrons. The molecule has 0 saturated heterocycles. The predicted octanol–water partition coefficient (Wildman–Crippen LogP) is 3.14. The van der Waals surface area contributed by atoms with E-state index in [1.165, 1.54) is 7.11 Å². The van der Waals surface area contributed by atoms with E-state index >= 15 is 0 Å². The van der Waals surface area contributed by atoms with Crippen LogP contribution in [0.25, 0.3) is 0 Å². The third-order valence-corrected chi connectivity index (χ3v) is 8.49. The molecular formula is C22H30N2O5S2. The molecule has 0 bridgehead atoms. The quantitative estimate of drug-likeness (QED) is 0.591. The fraction of sp³-hybridized carbons (Fsp3) is 0.455. The van der Waals surface area contributed by atoms with Gasteiger partial charge in [0.2, 0.25) is 20.0 Å². The average Bonchev–Trinajstić information content (AvgIpc) is 2.74. The van der Waals surface area contributed by atoms with E-state index in [1.807, 2.05) is 6.92 Å². The summed E-state index contributed by atoms with van der Waals surface area (Å²) >= 11 is 0. The molecule has 0 radical (unpaired) electrons. The smallest absolute Gasteiger partial charge is 0.244 e. The Morgan fingerprint density at radius 2 is 1.61 bits per heavy atom. The van der Waals surface area contributed by atoms with Gasteiger partial charge in [0.25, 0.3) is 0 Å². The molecule has 0 atom stereocenters. The Morgan fingerprint density at radius 1 is 0.935 bits per heavy atom. The summed E-state index contributed by atoms with van der Waals surface area (Å²) in [6.07, 6.45) is 5.45. The molecule has 1 aliphatic carbocycles. The van der Waals surface area contributed by atoms with Crippen LogP contribution in [0, 0.1) is 6.92 Å². The molecular weight excluding hydrogens is 436 g/mol. The summed E-state index contributed by atoms with van der Waals surface area (Å²) in [6, 6.07) is 11.6. The number of nitrogens with one attached hydrogen (secondary N) is 2. The van der Waals surface area contributed by atoms with Crippen LogP contribution in [0.3, 0.4) is 0 Å². The first-order valence-electron chi connectivity index (χ1n) is 10.5. The van der Waals surface area contributed by atoms with Gasteiger partial charge in [0.1, 0.15) is 10.6 Å². The Kier molecular flexibility index (Phi) is 7.74. The number of rotatable bonds is 9. The van der Waals surface area contributed by atoms with Crippen molar-refractivity contribution in [2.24, 2.45) is 0 Å². The molecule has 1 fully saturated rings. The van der Waals surface area contributed by atoms with Crippen molar-refractivity contribution in [3.05, 3.63) is 53.6 Å². The largest absolute Gasteiger partial charge is 0.495 e. The fourth-order valence-electron chi connectivity index (χ4n) is 3.74. The maximum absolute atomic E-state index is 12.7. The maximum Gasteiger partial charge on any atom is 0.244 e. The maximum atomic E-state index is 12.7. The lowest BCUT2D eigenvalue weighted by atomic mass is 9.96. The number of ether oxygens (including phenoxy) is 1. The van der Waals surface area contributed by atoms with E-state index in [4.69, 9.17) is 4.74 Å². The van der Waals surface area contributed by atoms with E-state index < -0.39 is 20.0 Å². The van der Waals surface area contributed by atoms with Crippen molar-refractivity contribution < 1.29 is 21.6 Å². The Bertz CT molecular complexity index is 1090. The van der Waals surface area contributed by atoms with Crippen LogP contribution in [0.15, 0.2) is 52.3 Å². The van der Waals surface area contributed by atoms with Crippen molar-refractivity contribution >= 4 is 20.0 Å². The van der Waals surface area contributed by atoms with Gasteiger partial charge in [-0.15, -0.1) is 0 Å². The molecule has 0 aliphatic heterocycles. The Labute approximate surface area is 185 Å². The lowest BCUT2D eigenvalue weighted by Crippen LogP contribution is -2.36. The molecule has 2 aromatic carbocycles. The van der Waals surface area contributed by atoms with Crippen molar-refractivity contribution in [1.29, 1.82) is 0 Å². The van der Waals surface area contributed by atoms with E-state index in [0.29, 0.717) is 6.42 Å². The van der Waals surface area contributed by atoms with Crippen LogP contribution in [0.1, 0.15) is 43.2 Å². The number of hydrogen-bond donors (Lipinski definition) is 2. The number of methoxy groups -OCH3 is 1. The van der Waals surface area contributed by atoms with E-state index in [0.717, 1.165) is 43.2 Å². The van der Waals surface area contributed by atoms with Crippen LogP contribution in [-0.4, -0.2) is 36.5 Å². The standard InChI is InChI=1S/C22H30N2O5S2/c1-17-8-13-21(29-2)22(16-17)31(27,28)23-15-14-18-9-11-20(12-10-18)30(25,26)24-19-6-4-3-5-7-19/h8-13,16,19,23-24H,3-7,14-15H2,1-2H3. The van der Waals surface area contributed by atoms with E-state index in [9.17, 15) is 16.8 Å². The van der Waals surface area contributed by atoms with Crippen molar-refractivity contribution in [3.8, 4) is 5.75 Å². The third kappa shape index (κ3) is 6.29. The lowest BCUT2D eigenvalue weighted by Gasteiger charge is -2.22. The third-order valence-electron chi connectivity index (χ3n) is 5.48. The molecule has 0 heterocycles. The molecule has 2 N–H and O–H groups in total. The number of sulfonamides is 2. The van der Waals surface area contributed by atoms with E-state index in [2.05, 4.69) is 9.44 Å². The minimum Gasteiger partial charge on any atom is -0.495 e. The molecule has 0 amide bonds. The van der Waals surface area contributed by atoms with Crippen LogP contribution < -0.4 is 14.2 Å². The molecule has 0 aromatic heterocycles. The van der Waals surface area contributed by atoms with Gasteiger partial charge in [-0.3, -0.25) is 0 Å². The molecule has 1 saturated carbocycles. The normalized spacial score (nSPS) is 15.7. The van der Waals surface area contributed by atoms with Crippen LogP contribution in [0.2, 0.25) is 0 Å². The summed E-state index contributed by atoms with van der Waals surface area (Å²) in [5.41, 5.74) is 1.66. The minimum atomic E-state index is -3.72. The van der Waals surface area contributed by atoms with Gasteiger partial charge in [-0.2, -0.15) is 0 Å². The van der Waals surface area contributed by atoms with Gasteiger partial charge < -0.3 is 4.74 Å². The summed E-state index contributed by atoms with van der Waals surface area (Å²) in [7, 11) is -5.84. The number of aryl methyl sites for hydroxylation is 1. The molecule has 0 spiro atoms. The summed E-state index contributed by atoms with van der Waals surface area (Å²) in [6.45, 7) is 2.00. The van der Waals surface area contributed by atoms with Crippen molar-refractivity contribution in [2.75, 3.05) is 13.7 Å². The topological polar surface area (TPSA) is 102 Å². The fourth-order valence-corrected chi connectivity index (χ4v) is 6.33. The molecule has 1 aliphatic rings. The van der Waals surface area contributed by atoms with Gasteiger partial charge >= 0.3 is 0 Å². The first-order chi connectivity index (χ1) is 14.7. The molecule has 0 unspecified atom stereocenters. The van der Waals surface area contributed by atoms with E-state index in [1.54, 1.807) is 42.5 Å². The first-order valence-corrected chi connectivity index (χ1v) is 13.4. The van der Waals surface area contributed by atoms with Crippen LogP contribution in [-0.2, 0) is 26.5 Å². The Hall–Kier alpha value is -1.94. The highest BCUT2D eigenvalue weighted by molar-refractivity contribution is 7.89. The van der Waals surface area contributed by atoms with Gasteiger partial charge in [-0.25, -0.2) is 26.3 Å². The predicted molar refractivity (Wildman–Crippen MR) is 120 cm³/mol. The average molecular weight is 467 g/mol. The SMILES string of the molecule is COc1ccc(C)cc1S(=O)(=O)NCCc1ccc(S(=O)(=O)NC2CCCCC2)cc1. The minimum absolute atomic E-state index is 0.00597. The summed E-state index contributed by atoms with van der Waals surface area (Å²) in [4.78, 5) is 0.331. The molecule has 31 heavy (non-hydrogen) atoms. The van der Waals surface area contributed by atoms with Gasteiger partial charge in [0.15, 0.2) is 0 Å². The van der Waals surface area contributed by atoms with Crippen LogP contribution in [0.5, 0.6) is 5.75 Å². The molecule has 3 rings (SSSR count). The van der Waals surface area contributed by atoms with Crippen LogP contribution in [0.4, 0.5) is 0 Å². The van der Waals surface area contributed by atoms with Crippen molar-refractivity contribution in [3.63, 3.8) is 0 Å². The molecule has 7 nitrogen and oxygen atoms in total. The Balaban J connectivity index is 1.60. The van der Waals surface area contributed by atoms with Crippen molar-refractivity contribution in [2.45, 2.75) is 61.3 Å². The zero-order chi connectivity index (χ0) is 22.5. The van der Waals surface area contributed by atoms with E-state index in [-0.39, 0.29) is 28.1 Å². The second-order valence-corrected chi connectivity index (χ2v) is 11.4. The summed E-state index contributed by atoms with van der Waals surface area (Å²) < 4.78 is 61.0. The summed E-state index contributed by atoms with van der Waals surface area (Å²) in [5, 5.41) is 0. The molecule has 9 heteroatoms. The van der Waals surface area contributed by atoms with Crippen LogP contribution >= 0.6 is 0 Å². The number of hydrogen-bond acceptors (Lipinski definition) is 5. The highest BCUT2D eigenvalue weighted by Crippen LogP contribution is 2.24. The van der Waals surface area contributed by atoms with Gasteiger partial charge in [-0.05, 0) is 61.6 Å². The first kappa shape index (κ1) is 23.7.